The van der Waals surface area contributed by atoms with Crippen molar-refractivity contribution in [2.75, 3.05) is 12.4 Å². The van der Waals surface area contributed by atoms with Gasteiger partial charge in [-0.25, -0.2) is 9.78 Å². The zero-order valence-electron chi connectivity index (χ0n) is 9.91. The number of thiazole rings is 1. The third-order valence-corrected chi connectivity index (χ3v) is 2.94. The fraction of sp³-hybridized carbons (Fsp3) is 0.0833. The molecule has 0 atom stereocenters. The molecule has 0 saturated carbocycles. The SMILES string of the molecule is COc1cc(NC(=O)c2cscn2)ccc1C(=O)O. The largest absolute Gasteiger partial charge is 0.496 e. The Morgan fingerprint density at radius 1 is 1.42 bits per heavy atom. The highest BCUT2D eigenvalue weighted by Gasteiger charge is 2.13. The van der Waals surface area contributed by atoms with Crippen LogP contribution < -0.4 is 10.1 Å². The minimum Gasteiger partial charge on any atom is -0.496 e. The first kappa shape index (κ1) is 13.0. The number of aromatic carboxylic acids is 1. The molecule has 0 bridgehead atoms. The van der Waals surface area contributed by atoms with Crippen molar-refractivity contribution in [2.24, 2.45) is 0 Å². The number of amides is 1. The quantitative estimate of drug-likeness (QED) is 0.894. The van der Waals surface area contributed by atoms with Gasteiger partial charge in [0.15, 0.2) is 0 Å². The number of hydrogen-bond donors (Lipinski definition) is 2. The van der Waals surface area contributed by atoms with E-state index in [1.165, 1.54) is 36.6 Å². The van der Waals surface area contributed by atoms with E-state index >= 15 is 0 Å². The molecule has 1 aromatic heterocycles. The summed E-state index contributed by atoms with van der Waals surface area (Å²) >= 11 is 1.32. The highest BCUT2D eigenvalue weighted by molar-refractivity contribution is 7.07. The number of anilines is 1. The van der Waals surface area contributed by atoms with Crippen molar-refractivity contribution in [3.8, 4) is 5.75 Å². The van der Waals surface area contributed by atoms with Gasteiger partial charge in [-0.3, -0.25) is 4.79 Å². The van der Waals surface area contributed by atoms with Gasteiger partial charge in [-0.15, -0.1) is 11.3 Å². The molecular formula is C12H10N2O4S. The molecule has 0 unspecified atom stereocenters. The number of hydrogen-bond acceptors (Lipinski definition) is 5. The van der Waals surface area contributed by atoms with E-state index in [0.29, 0.717) is 11.4 Å². The van der Waals surface area contributed by atoms with Crippen LogP contribution in [-0.4, -0.2) is 29.1 Å². The lowest BCUT2D eigenvalue weighted by atomic mass is 10.2. The Morgan fingerprint density at radius 3 is 2.79 bits per heavy atom. The van der Waals surface area contributed by atoms with Gasteiger partial charge in [0.25, 0.3) is 5.91 Å². The van der Waals surface area contributed by atoms with Gasteiger partial charge in [-0.1, -0.05) is 0 Å². The van der Waals surface area contributed by atoms with Gasteiger partial charge in [0, 0.05) is 17.1 Å². The number of carboxylic acid groups (broad SMARTS) is 1. The molecule has 19 heavy (non-hydrogen) atoms. The molecule has 0 aliphatic heterocycles. The van der Waals surface area contributed by atoms with Gasteiger partial charge in [0.1, 0.15) is 17.0 Å². The molecule has 2 N–H and O–H groups in total. The van der Waals surface area contributed by atoms with Crippen molar-refractivity contribution in [1.82, 2.24) is 4.98 Å². The van der Waals surface area contributed by atoms with E-state index in [0.717, 1.165) is 0 Å². The molecule has 98 valence electrons. The van der Waals surface area contributed by atoms with Crippen LogP contribution in [0.25, 0.3) is 0 Å². The van der Waals surface area contributed by atoms with Gasteiger partial charge in [0.2, 0.25) is 0 Å². The highest BCUT2D eigenvalue weighted by Crippen LogP contribution is 2.23. The topological polar surface area (TPSA) is 88.5 Å². The molecule has 0 saturated heterocycles. The lowest BCUT2D eigenvalue weighted by molar-refractivity contribution is 0.0693. The summed E-state index contributed by atoms with van der Waals surface area (Å²) in [5, 5.41) is 13.2. The van der Waals surface area contributed by atoms with Gasteiger partial charge in [-0.05, 0) is 12.1 Å². The maximum absolute atomic E-state index is 11.8. The van der Waals surface area contributed by atoms with Crippen molar-refractivity contribution in [3.63, 3.8) is 0 Å². The predicted octanol–water partition coefficient (Wildman–Crippen LogP) is 2.10. The summed E-state index contributed by atoms with van der Waals surface area (Å²) in [6.45, 7) is 0. The zero-order chi connectivity index (χ0) is 13.8. The lowest BCUT2D eigenvalue weighted by Crippen LogP contribution is -2.12. The summed E-state index contributed by atoms with van der Waals surface area (Å²) in [7, 11) is 1.37. The molecule has 7 heteroatoms. The minimum atomic E-state index is -1.09. The first-order valence-electron chi connectivity index (χ1n) is 5.22. The van der Waals surface area contributed by atoms with E-state index < -0.39 is 5.97 Å². The Morgan fingerprint density at radius 2 is 2.21 bits per heavy atom. The van der Waals surface area contributed by atoms with Crippen LogP contribution in [0.15, 0.2) is 29.1 Å². The fourth-order valence-electron chi connectivity index (χ4n) is 1.47. The number of benzene rings is 1. The molecule has 1 amide bonds. The van der Waals surface area contributed by atoms with Crippen molar-refractivity contribution < 1.29 is 19.4 Å². The molecule has 0 aliphatic carbocycles. The number of nitrogens with zero attached hydrogens (tertiary/aromatic N) is 1. The third-order valence-electron chi connectivity index (χ3n) is 2.35. The molecule has 2 rings (SSSR count). The molecule has 1 aromatic carbocycles. The lowest BCUT2D eigenvalue weighted by Gasteiger charge is -2.08. The zero-order valence-corrected chi connectivity index (χ0v) is 10.7. The fourth-order valence-corrected chi connectivity index (χ4v) is 2.00. The molecule has 6 nitrogen and oxygen atoms in total. The van der Waals surface area contributed by atoms with Crippen molar-refractivity contribution in [2.45, 2.75) is 0 Å². The summed E-state index contributed by atoms with van der Waals surface area (Å²) in [5.74, 6) is -1.26. The Bertz CT molecular complexity index is 610. The molecular weight excluding hydrogens is 268 g/mol. The molecule has 1 heterocycles. The van der Waals surface area contributed by atoms with Crippen LogP contribution in [0, 0.1) is 0 Å². The van der Waals surface area contributed by atoms with E-state index in [-0.39, 0.29) is 17.2 Å². The maximum Gasteiger partial charge on any atom is 0.339 e. The molecule has 0 aliphatic rings. The Hall–Kier alpha value is -2.41. The van der Waals surface area contributed by atoms with Crippen molar-refractivity contribution in [3.05, 3.63) is 40.3 Å². The number of carboxylic acids is 1. The summed E-state index contributed by atoms with van der Waals surface area (Å²) in [6.07, 6.45) is 0. The van der Waals surface area contributed by atoms with Crippen molar-refractivity contribution >= 4 is 28.9 Å². The molecule has 2 aromatic rings. The molecule has 0 fully saturated rings. The first-order chi connectivity index (χ1) is 9.11. The number of carbonyl (C=O) groups is 2. The number of methoxy groups -OCH3 is 1. The van der Waals surface area contributed by atoms with E-state index in [2.05, 4.69) is 10.3 Å². The van der Waals surface area contributed by atoms with Crippen LogP contribution >= 0.6 is 11.3 Å². The first-order valence-corrected chi connectivity index (χ1v) is 6.17. The smallest absolute Gasteiger partial charge is 0.339 e. The van der Waals surface area contributed by atoms with Gasteiger partial charge >= 0.3 is 5.97 Å². The van der Waals surface area contributed by atoms with Gasteiger partial charge in [0.05, 0.1) is 12.6 Å². The number of carbonyl (C=O) groups excluding carboxylic acids is 1. The third kappa shape index (κ3) is 2.89. The number of nitrogens with one attached hydrogen (secondary N) is 1. The average Bonchev–Trinajstić information content (AvgIpc) is 2.92. The summed E-state index contributed by atoms with van der Waals surface area (Å²) in [4.78, 5) is 26.6. The standard InChI is InChI=1S/C12H10N2O4S/c1-18-10-4-7(2-3-8(10)12(16)17)14-11(15)9-5-19-6-13-9/h2-6H,1H3,(H,14,15)(H,16,17). The second-order valence-corrected chi connectivity index (χ2v) is 4.27. The highest BCUT2D eigenvalue weighted by atomic mass is 32.1. The van der Waals surface area contributed by atoms with E-state index in [4.69, 9.17) is 9.84 Å². The van der Waals surface area contributed by atoms with Crippen molar-refractivity contribution in [1.29, 1.82) is 0 Å². The van der Waals surface area contributed by atoms with Crippen LogP contribution in [0.4, 0.5) is 5.69 Å². The Kier molecular flexibility index (Phi) is 3.76. The van der Waals surface area contributed by atoms with Crippen LogP contribution in [0.3, 0.4) is 0 Å². The van der Waals surface area contributed by atoms with Crippen LogP contribution in [0.5, 0.6) is 5.75 Å². The predicted molar refractivity (Wildman–Crippen MR) is 70.0 cm³/mol. The van der Waals surface area contributed by atoms with Crippen LogP contribution in [-0.2, 0) is 0 Å². The Labute approximate surface area is 112 Å². The molecule has 0 spiro atoms. The monoisotopic (exact) mass is 278 g/mol. The average molecular weight is 278 g/mol. The molecule has 0 radical (unpaired) electrons. The summed E-state index contributed by atoms with van der Waals surface area (Å²) in [5.41, 5.74) is 2.35. The minimum absolute atomic E-state index is 0.0363. The second-order valence-electron chi connectivity index (χ2n) is 3.55. The second kappa shape index (κ2) is 5.49. The summed E-state index contributed by atoms with van der Waals surface area (Å²) in [6, 6.07) is 4.32. The maximum atomic E-state index is 11.8. The van der Waals surface area contributed by atoms with Gasteiger partial charge < -0.3 is 15.2 Å². The van der Waals surface area contributed by atoms with Gasteiger partial charge in [-0.2, -0.15) is 0 Å². The Balaban J connectivity index is 2.22. The van der Waals surface area contributed by atoms with E-state index in [1.54, 1.807) is 10.9 Å². The van der Waals surface area contributed by atoms with E-state index in [9.17, 15) is 9.59 Å². The number of rotatable bonds is 4. The van der Waals surface area contributed by atoms with Crippen LogP contribution in [0.2, 0.25) is 0 Å². The number of ether oxygens (including phenoxy) is 1. The number of aromatic nitrogens is 1. The summed E-state index contributed by atoms with van der Waals surface area (Å²) < 4.78 is 4.97. The normalized spacial score (nSPS) is 9.95. The van der Waals surface area contributed by atoms with E-state index in [1.807, 2.05) is 0 Å². The van der Waals surface area contributed by atoms with Crippen LogP contribution in [0.1, 0.15) is 20.8 Å².